The van der Waals surface area contributed by atoms with Crippen molar-refractivity contribution in [2.24, 2.45) is 5.92 Å². The van der Waals surface area contributed by atoms with Gasteiger partial charge in [0.05, 0.1) is 6.61 Å². The number of piperidine rings is 1. The fraction of sp³-hybridized carbons (Fsp3) is 0.909. The summed E-state index contributed by atoms with van der Waals surface area (Å²) in [6, 6.07) is 0. The van der Waals surface area contributed by atoms with Crippen LogP contribution in [0.5, 0.6) is 0 Å². The van der Waals surface area contributed by atoms with Crippen molar-refractivity contribution in [2.75, 3.05) is 26.3 Å². The van der Waals surface area contributed by atoms with Gasteiger partial charge in [-0.25, -0.2) is 5.48 Å². The van der Waals surface area contributed by atoms with Gasteiger partial charge in [0.1, 0.15) is 6.10 Å². The van der Waals surface area contributed by atoms with Crippen LogP contribution in [0, 0.1) is 5.92 Å². The van der Waals surface area contributed by atoms with Gasteiger partial charge >= 0.3 is 0 Å². The molecule has 0 aromatic heterocycles. The van der Waals surface area contributed by atoms with Crippen molar-refractivity contribution in [3.05, 3.63) is 0 Å². The van der Waals surface area contributed by atoms with E-state index in [0.717, 1.165) is 25.9 Å². The number of amides is 1. The van der Waals surface area contributed by atoms with Crippen molar-refractivity contribution in [3.63, 3.8) is 0 Å². The van der Waals surface area contributed by atoms with E-state index in [1.807, 2.05) is 0 Å². The maximum atomic E-state index is 11.5. The average Bonchev–Trinajstić information content (AvgIpc) is 2.84. The zero-order valence-electron chi connectivity index (χ0n) is 9.54. The molecule has 5 nitrogen and oxygen atoms in total. The number of nitrogens with one attached hydrogen (secondary N) is 2. The van der Waals surface area contributed by atoms with E-state index in [-0.39, 0.29) is 12.0 Å². The number of carbonyl (C=O) groups excluding carboxylic acids is 1. The minimum atomic E-state index is -0.301. The number of hydroxylamine groups is 1. The highest BCUT2D eigenvalue weighted by Gasteiger charge is 2.24. The topological polar surface area (TPSA) is 59.6 Å². The van der Waals surface area contributed by atoms with E-state index in [9.17, 15) is 4.79 Å². The van der Waals surface area contributed by atoms with Crippen LogP contribution < -0.4 is 10.8 Å². The molecule has 2 rings (SSSR count). The Kier molecular flexibility index (Phi) is 4.56. The largest absolute Gasteiger partial charge is 0.368 e. The SMILES string of the molecule is O=C(NOCC1CCCNC1)C1CCCO1. The van der Waals surface area contributed by atoms with Gasteiger partial charge in [0, 0.05) is 13.2 Å². The van der Waals surface area contributed by atoms with Crippen LogP contribution in [-0.4, -0.2) is 38.3 Å². The Bertz CT molecular complexity index is 223. The van der Waals surface area contributed by atoms with Gasteiger partial charge in [-0.3, -0.25) is 9.63 Å². The van der Waals surface area contributed by atoms with Crippen LogP contribution in [0.15, 0.2) is 0 Å². The molecule has 2 fully saturated rings. The molecule has 2 aliphatic rings. The Morgan fingerprint density at radius 3 is 3.06 bits per heavy atom. The maximum Gasteiger partial charge on any atom is 0.272 e. The molecule has 2 unspecified atom stereocenters. The highest BCUT2D eigenvalue weighted by molar-refractivity contribution is 5.79. The van der Waals surface area contributed by atoms with Crippen molar-refractivity contribution < 1.29 is 14.4 Å². The first kappa shape index (κ1) is 11.8. The standard InChI is InChI=1S/C11H20N2O3/c14-11(10-4-2-6-15-10)13-16-8-9-3-1-5-12-7-9/h9-10,12H,1-8H2,(H,13,14). The molecule has 0 radical (unpaired) electrons. The van der Waals surface area contributed by atoms with Crippen molar-refractivity contribution in [1.29, 1.82) is 0 Å². The lowest BCUT2D eigenvalue weighted by Crippen LogP contribution is -2.38. The molecule has 2 saturated heterocycles. The molecule has 0 spiro atoms. The van der Waals surface area contributed by atoms with Crippen molar-refractivity contribution in [2.45, 2.75) is 31.8 Å². The van der Waals surface area contributed by atoms with Gasteiger partial charge in [-0.15, -0.1) is 0 Å². The highest BCUT2D eigenvalue weighted by atomic mass is 16.7. The number of ether oxygens (including phenoxy) is 1. The lowest BCUT2D eigenvalue weighted by Gasteiger charge is -2.22. The first-order valence-electron chi connectivity index (χ1n) is 6.10. The monoisotopic (exact) mass is 228 g/mol. The first-order valence-corrected chi connectivity index (χ1v) is 6.10. The van der Waals surface area contributed by atoms with Crippen LogP contribution in [0.1, 0.15) is 25.7 Å². The van der Waals surface area contributed by atoms with Crippen molar-refractivity contribution in [1.82, 2.24) is 10.8 Å². The molecule has 0 bridgehead atoms. The molecule has 1 amide bonds. The molecule has 5 heteroatoms. The lowest BCUT2D eigenvalue weighted by molar-refractivity contribution is -0.144. The molecule has 92 valence electrons. The van der Waals surface area contributed by atoms with E-state index in [1.165, 1.54) is 12.8 Å². The van der Waals surface area contributed by atoms with Crippen LogP contribution in [-0.2, 0) is 14.4 Å². The molecule has 2 atom stereocenters. The summed E-state index contributed by atoms with van der Waals surface area (Å²) in [5.41, 5.74) is 2.48. The molecular formula is C11H20N2O3. The van der Waals surface area contributed by atoms with Gasteiger partial charge in [-0.05, 0) is 38.1 Å². The smallest absolute Gasteiger partial charge is 0.272 e. The average molecular weight is 228 g/mol. The Morgan fingerprint density at radius 1 is 1.44 bits per heavy atom. The Labute approximate surface area is 95.8 Å². The summed E-state index contributed by atoms with van der Waals surface area (Å²) < 4.78 is 5.25. The zero-order chi connectivity index (χ0) is 11.2. The Balaban J connectivity index is 1.57. The normalized spacial score (nSPS) is 30.2. The number of rotatable bonds is 4. The summed E-state index contributed by atoms with van der Waals surface area (Å²) in [7, 11) is 0. The van der Waals surface area contributed by atoms with Crippen LogP contribution in [0.2, 0.25) is 0 Å². The summed E-state index contributed by atoms with van der Waals surface area (Å²) in [6.07, 6.45) is 3.82. The summed E-state index contributed by atoms with van der Waals surface area (Å²) in [4.78, 5) is 16.7. The third kappa shape index (κ3) is 3.43. The van der Waals surface area contributed by atoms with Gasteiger partial charge in [-0.1, -0.05) is 0 Å². The van der Waals surface area contributed by atoms with Gasteiger partial charge in [0.2, 0.25) is 0 Å². The third-order valence-corrected chi connectivity index (χ3v) is 3.11. The number of carbonyl (C=O) groups is 1. The summed E-state index contributed by atoms with van der Waals surface area (Å²) in [6.45, 7) is 3.35. The molecule has 16 heavy (non-hydrogen) atoms. The van der Waals surface area contributed by atoms with E-state index in [0.29, 0.717) is 19.1 Å². The van der Waals surface area contributed by atoms with E-state index >= 15 is 0 Å². The summed E-state index contributed by atoms with van der Waals surface area (Å²) in [5, 5.41) is 3.31. The minimum absolute atomic E-state index is 0.138. The second-order valence-corrected chi connectivity index (χ2v) is 4.49. The van der Waals surface area contributed by atoms with E-state index in [4.69, 9.17) is 9.57 Å². The molecule has 2 heterocycles. The Morgan fingerprint density at radius 2 is 2.38 bits per heavy atom. The Hall–Kier alpha value is -0.650. The van der Waals surface area contributed by atoms with Crippen LogP contribution in [0.3, 0.4) is 0 Å². The quantitative estimate of drug-likeness (QED) is 0.675. The first-order chi connectivity index (χ1) is 7.86. The summed E-state index contributed by atoms with van der Waals surface area (Å²) in [5.74, 6) is 0.375. The predicted molar refractivity (Wildman–Crippen MR) is 58.7 cm³/mol. The van der Waals surface area contributed by atoms with Crippen LogP contribution in [0.4, 0.5) is 0 Å². The van der Waals surface area contributed by atoms with Crippen LogP contribution in [0.25, 0.3) is 0 Å². The number of hydrogen-bond donors (Lipinski definition) is 2. The molecule has 2 N–H and O–H groups in total. The van der Waals surface area contributed by atoms with Crippen molar-refractivity contribution >= 4 is 5.91 Å². The molecule has 0 aromatic carbocycles. The molecule has 0 aliphatic carbocycles. The predicted octanol–water partition coefficient (Wildman–Crippen LogP) is 0.213. The van der Waals surface area contributed by atoms with E-state index < -0.39 is 0 Å². The van der Waals surface area contributed by atoms with E-state index in [2.05, 4.69) is 10.8 Å². The van der Waals surface area contributed by atoms with Crippen molar-refractivity contribution in [3.8, 4) is 0 Å². The highest BCUT2D eigenvalue weighted by Crippen LogP contribution is 2.12. The molecule has 0 aromatic rings. The zero-order valence-corrected chi connectivity index (χ0v) is 9.54. The summed E-state index contributed by atoms with van der Waals surface area (Å²) >= 11 is 0. The van der Waals surface area contributed by atoms with Gasteiger partial charge in [0.25, 0.3) is 5.91 Å². The lowest BCUT2D eigenvalue weighted by atomic mass is 10.0. The van der Waals surface area contributed by atoms with Gasteiger partial charge in [-0.2, -0.15) is 0 Å². The van der Waals surface area contributed by atoms with Gasteiger partial charge in [0.15, 0.2) is 0 Å². The fourth-order valence-electron chi connectivity index (χ4n) is 2.15. The maximum absolute atomic E-state index is 11.5. The third-order valence-electron chi connectivity index (χ3n) is 3.11. The molecular weight excluding hydrogens is 208 g/mol. The second kappa shape index (κ2) is 6.18. The van der Waals surface area contributed by atoms with E-state index in [1.54, 1.807) is 0 Å². The van der Waals surface area contributed by atoms with Gasteiger partial charge < -0.3 is 10.1 Å². The second-order valence-electron chi connectivity index (χ2n) is 4.49. The molecule has 2 aliphatic heterocycles. The minimum Gasteiger partial charge on any atom is -0.368 e. The molecule has 0 saturated carbocycles. The number of hydrogen-bond acceptors (Lipinski definition) is 4. The fourth-order valence-corrected chi connectivity index (χ4v) is 2.15. The van der Waals surface area contributed by atoms with Crippen LogP contribution >= 0.6 is 0 Å².